The molecule has 2 aromatic rings. The molecule has 0 saturated heterocycles. The van der Waals surface area contributed by atoms with E-state index in [1.165, 1.54) is 20.3 Å². The maximum Gasteiger partial charge on any atom is 0.311 e. The Morgan fingerprint density at radius 1 is 1.33 bits per heavy atom. The largest absolute Gasteiger partial charge is 0.496 e. The zero-order chi connectivity index (χ0) is 17.5. The number of carbonyl (C=O) groups excluding carboxylic acids is 2. The molecule has 0 saturated carbocycles. The van der Waals surface area contributed by atoms with Gasteiger partial charge in [0.05, 0.1) is 26.3 Å². The van der Waals surface area contributed by atoms with Gasteiger partial charge in [0.1, 0.15) is 11.5 Å². The molecule has 0 aliphatic heterocycles. The van der Waals surface area contributed by atoms with E-state index in [0.717, 1.165) is 0 Å². The summed E-state index contributed by atoms with van der Waals surface area (Å²) in [4.78, 5) is 23.9. The number of carbonyl (C=O) groups is 2. The maximum absolute atomic E-state index is 12.0. The molecule has 0 bridgehead atoms. The molecule has 1 aromatic carbocycles. The lowest BCUT2D eigenvalue weighted by Gasteiger charge is -2.14. The van der Waals surface area contributed by atoms with Crippen molar-refractivity contribution in [3.63, 3.8) is 0 Å². The molecule has 0 aliphatic carbocycles. The highest BCUT2D eigenvalue weighted by atomic mass is 35.5. The van der Waals surface area contributed by atoms with Crippen molar-refractivity contribution in [3.05, 3.63) is 52.9 Å². The molecular formula is C17H18ClNO5. The van der Waals surface area contributed by atoms with Gasteiger partial charge in [0.25, 0.3) is 5.91 Å². The Balaban J connectivity index is 1.87. The van der Waals surface area contributed by atoms with Gasteiger partial charge in [-0.25, -0.2) is 0 Å². The topological polar surface area (TPSA) is 77.8 Å². The number of hydrogen-bond donors (Lipinski definition) is 1. The lowest BCUT2D eigenvalue weighted by molar-refractivity contribution is -0.154. The van der Waals surface area contributed by atoms with Crippen molar-refractivity contribution < 1.29 is 23.5 Å². The first-order valence-corrected chi connectivity index (χ1v) is 7.69. The standard InChI is InChI=1S/C17H18ClNO5/c1-11(17(21)19-10-14-4-3-7-23-14)24-16(20)9-12-8-13(18)5-6-15(12)22-2/h3-8,11H,9-10H2,1-2H3,(H,19,21)/t11-/m0/s1. The number of nitrogens with one attached hydrogen (secondary N) is 1. The molecule has 24 heavy (non-hydrogen) atoms. The molecule has 128 valence electrons. The number of ether oxygens (including phenoxy) is 2. The summed E-state index contributed by atoms with van der Waals surface area (Å²) in [6, 6.07) is 8.43. The highest BCUT2D eigenvalue weighted by Crippen LogP contribution is 2.23. The van der Waals surface area contributed by atoms with Crippen LogP contribution >= 0.6 is 11.6 Å². The van der Waals surface area contributed by atoms with Gasteiger partial charge >= 0.3 is 5.97 Å². The first-order valence-electron chi connectivity index (χ1n) is 7.31. The molecule has 1 heterocycles. The second-order valence-corrected chi connectivity index (χ2v) is 5.50. The Kier molecular flexibility index (Phi) is 6.26. The first-order chi connectivity index (χ1) is 11.5. The maximum atomic E-state index is 12.0. The van der Waals surface area contributed by atoms with E-state index in [-0.39, 0.29) is 13.0 Å². The summed E-state index contributed by atoms with van der Waals surface area (Å²) in [5, 5.41) is 3.12. The van der Waals surface area contributed by atoms with Gasteiger partial charge in [0.15, 0.2) is 6.10 Å². The van der Waals surface area contributed by atoms with Gasteiger partial charge in [-0.1, -0.05) is 11.6 Å². The summed E-state index contributed by atoms with van der Waals surface area (Å²) in [6.07, 6.45) is 0.556. The number of hydrogen-bond acceptors (Lipinski definition) is 5. The number of halogens is 1. The van der Waals surface area contributed by atoms with E-state index >= 15 is 0 Å². The van der Waals surface area contributed by atoms with Crippen LogP contribution in [0.4, 0.5) is 0 Å². The van der Waals surface area contributed by atoms with Crippen LogP contribution in [-0.4, -0.2) is 25.1 Å². The van der Waals surface area contributed by atoms with Crippen molar-refractivity contribution in [3.8, 4) is 5.75 Å². The Hall–Kier alpha value is -2.47. The SMILES string of the molecule is COc1ccc(Cl)cc1CC(=O)O[C@@H](C)C(=O)NCc1ccco1. The summed E-state index contributed by atoms with van der Waals surface area (Å²) >= 11 is 5.92. The van der Waals surface area contributed by atoms with Crippen LogP contribution in [-0.2, 0) is 27.3 Å². The van der Waals surface area contributed by atoms with E-state index in [2.05, 4.69) is 5.32 Å². The zero-order valence-electron chi connectivity index (χ0n) is 13.4. The molecule has 0 aliphatic rings. The quantitative estimate of drug-likeness (QED) is 0.776. The summed E-state index contributed by atoms with van der Waals surface area (Å²) in [5.74, 6) is 0.200. The van der Waals surface area contributed by atoms with Crippen LogP contribution < -0.4 is 10.1 Å². The Morgan fingerprint density at radius 3 is 2.79 bits per heavy atom. The molecule has 2 rings (SSSR count). The minimum absolute atomic E-state index is 0.0421. The van der Waals surface area contributed by atoms with Crippen molar-refractivity contribution in [1.29, 1.82) is 0 Å². The van der Waals surface area contributed by atoms with Crippen molar-refractivity contribution in [2.45, 2.75) is 26.0 Å². The van der Waals surface area contributed by atoms with Gasteiger partial charge in [0.2, 0.25) is 0 Å². The minimum Gasteiger partial charge on any atom is -0.496 e. The number of esters is 1. The highest BCUT2D eigenvalue weighted by Gasteiger charge is 2.19. The Bertz CT molecular complexity index is 699. The van der Waals surface area contributed by atoms with E-state index in [4.69, 9.17) is 25.5 Å². The minimum atomic E-state index is -0.919. The first kappa shape index (κ1) is 17.9. The summed E-state index contributed by atoms with van der Waals surface area (Å²) < 4.78 is 15.4. The van der Waals surface area contributed by atoms with Crippen molar-refractivity contribution >= 4 is 23.5 Å². The summed E-state index contributed by atoms with van der Waals surface area (Å²) in [6.45, 7) is 1.74. The number of rotatable bonds is 7. The third-order valence-electron chi connectivity index (χ3n) is 3.27. The van der Waals surface area contributed by atoms with Gasteiger partial charge in [-0.3, -0.25) is 9.59 Å². The predicted octanol–water partition coefficient (Wildman–Crippen LogP) is 2.73. The third-order valence-corrected chi connectivity index (χ3v) is 3.51. The lowest BCUT2D eigenvalue weighted by atomic mass is 10.1. The lowest BCUT2D eigenvalue weighted by Crippen LogP contribution is -2.35. The van der Waals surface area contributed by atoms with Gasteiger partial charge in [-0.15, -0.1) is 0 Å². The molecule has 1 aromatic heterocycles. The second-order valence-electron chi connectivity index (χ2n) is 5.06. The van der Waals surface area contributed by atoms with Crippen LogP contribution in [0.15, 0.2) is 41.0 Å². The van der Waals surface area contributed by atoms with E-state index in [0.29, 0.717) is 22.1 Å². The molecule has 0 fully saturated rings. The smallest absolute Gasteiger partial charge is 0.311 e. The Morgan fingerprint density at radius 2 is 2.12 bits per heavy atom. The van der Waals surface area contributed by atoms with E-state index in [1.54, 1.807) is 30.3 Å². The average molecular weight is 352 g/mol. The number of benzene rings is 1. The second kappa shape index (κ2) is 8.40. The van der Waals surface area contributed by atoms with E-state index < -0.39 is 18.0 Å². The van der Waals surface area contributed by atoms with Gasteiger partial charge < -0.3 is 19.2 Å². The fourth-order valence-corrected chi connectivity index (χ4v) is 2.26. The number of furan rings is 1. The van der Waals surface area contributed by atoms with E-state index in [9.17, 15) is 9.59 Å². The highest BCUT2D eigenvalue weighted by molar-refractivity contribution is 6.30. The zero-order valence-corrected chi connectivity index (χ0v) is 14.1. The molecule has 7 heteroatoms. The van der Waals surface area contributed by atoms with Crippen LogP contribution in [0.3, 0.4) is 0 Å². The Labute approximate surface area is 144 Å². The predicted molar refractivity (Wildman–Crippen MR) is 87.8 cm³/mol. The molecular weight excluding hydrogens is 334 g/mol. The van der Waals surface area contributed by atoms with Crippen LogP contribution in [0.25, 0.3) is 0 Å². The molecule has 1 amide bonds. The summed E-state index contributed by atoms with van der Waals surface area (Å²) in [5.41, 5.74) is 0.596. The fraction of sp³-hybridized carbons (Fsp3) is 0.294. The van der Waals surface area contributed by atoms with Crippen LogP contribution in [0.1, 0.15) is 18.2 Å². The van der Waals surface area contributed by atoms with Crippen molar-refractivity contribution in [1.82, 2.24) is 5.32 Å². The van der Waals surface area contributed by atoms with Crippen LogP contribution in [0.5, 0.6) is 5.75 Å². The number of amides is 1. The summed E-state index contributed by atoms with van der Waals surface area (Å²) in [7, 11) is 1.50. The molecule has 6 nitrogen and oxygen atoms in total. The normalized spacial score (nSPS) is 11.6. The van der Waals surface area contributed by atoms with Crippen LogP contribution in [0.2, 0.25) is 5.02 Å². The van der Waals surface area contributed by atoms with Gasteiger partial charge in [0, 0.05) is 10.6 Å². The van der Waals surface area contributed by atoms with Gasteiger partial charge in [-0.2, -0.15) is 0 Å². The third kappa shape index (κ3) is 5.03. The fourth-order valence-electron chi connectivity index (χ4n) is 2.06. The molecule has 0 unspecified atom stereocenters. The van der Waals surface area contributed by atoms with Crippen LogP contribution in [0, 0.1) is 0 Å². The van der Waals surface area contributed by atoms with E-state index in [1.807, 2.05) is 0 Å². The molecule has 1 N–H and O–H groups in total. The van der Waals surface area contributed by atoms with Crippen molar-refractivity contribution in [2.24, 2.45) is 0 Å². The number of methoxy groups -OCH3 is 1. The van der Waals surface area contributed by atoms with Gasteiger partial charge in [-0.05, 0) is 37.3 Å². The monoisotopic (exact) mass is 351 g/mol. The molecule has 0 spiro atoms. The molecule has 0 radical (unpaired) electrons. The average Bonchev–Trinajstić information content (AvgIpc) is 3.06. The molecule has 1 atom stereocenters. The van der Waals surface area contributed by atoms with Crippen molar-refractivity contribution in [2.75, 3.05) is 7.11 Å².